The molecule has 0 amide bonds. The third kappa shape index (κ3) is 2.22. The standard InChI is InChI=1S/C11H9NO3/c13-11(14)10-4-3-9(15-10)6-8-2-1-5-12-7-8/h1-5,7H,6H2,(H,13,14). The zero-order chi connectivity index (χ0) is 10.7. The highest BCUT2D eigenvalue weighted by Gasteiger charge is 2.08. The monoisotopic (exact) mass is 203 g/mol. The van der Waals surface area contributed by atoms with E-state index in [0.717, 1.165) is 5.56 Å². The van der Waals surface area contributed by atoms with Gasteiger partial charge in [0.15, 0.2) is 0 Å². The molecule has 15 heavy (non-hydrogen) atoms. The van der Waals surface area contributed by atoms with E-state index in [4.69, 9.17) is 9.52 Å². The van der Waals surface area contributed by atoms with Gasteiger partial charge in [0, 0.05) is 18.8 Å². The third-order valence-corrected chi connectivity index (χ3v) is 1.97. The molecule has 2 rings (SSSR count). The zero-order valence-electron chi connectivity index (χ0n) is 7.88. The van der Waals surface area contributed by atoms with Crippen LogP contribution in [0.4, 0.5) is 0 Å². The number of nitrogens with zero attached hydrogens (tertiary/aromatic N) is 1. The van der Waals surface area contributed by atoms with E-state index < -0.39 is 5.97 Å². The van der Waals surface area contributed by atoms with Crippen molar-refractivity contribution in [2.24, 2.45) is 0 Å². The van der Waals surface area contributed by atoms with Crippen molar-refractivity contribution in [3.05, 3.63) is 53.7 Å². The van der Waals surface area contributed by atoms with Gasteiger partial charge in [-0.25, -0.2) is 4.79 Å². The second-order valence-electron chi connectivity index (χ2n) is 3.11. The van der Waals surface area contributed by atoms with Crippen molar-refractivity contribution in [2.45, 2.75) is 6.42 Å². The maximum atomic E-state index is 10.6. The highest BCUT2D eigenvalue weighted by atomic mass is 16.4. The molecule has 0 aliphatic heterocycles. The molecule has 2 heterocycles. The normalized spacial score (nSPS) is 10.1. The Hall–Kier alpha value is -2.10. The van der Waals surface area contributed by atoms with Crippen LogP contribution in [-0.2, 0) is 6.42 Å². The van der Waals surface area contributed by atoms with Crippen LogP contribution in [0, 0.1) is 0 Å². The minimum Gasteiger partial charge on any atom is -0.475 e. The number of hydrogen-bond donors (Lipinski definition) is 1. The second kappa shape index (κ2) is 3.96. The highest BCUT2D eigenvalue weighted by Crippen LogP contribution is 2.12. The number of aromatic nitrogens is 1. The topological polar surface area (TPSA) is 63.3 Å². The second-order valence-corrected chi connectivity index (χ2v) is 3.11. The molecule has 0 fully saturated rings. The first kappa shape index (κ1) is 9.45. The molecule has 4 heteroatoms. The molecule has 2 aromatic rings. The molecular formula is C11H9NO3. The fraction of sp³-hybridized carbons (Fsp3) is 0.0909. The third-order valence-electron chi connectivity index (χ3n) is 1.97. The predicted octanol–water partition coefficient (Wildman–Crippen LogP) is 1.96. The number of rotatable bonds is 3. The van der Waals surface area contributed by atoms with Gasteiger partial charge in [-0.05, 0) is 23.8 Å². The smallest absolute Gasteiger partial charge is 0.371 e. The summed E-state index contributed by atoms with van der Waals surface area (Å²) in [6.45, 7) is 0. The zero-order valence-corrected chi connectivity index (χ0v) is 7.88. The molecule has 4 nitrogen and oxygen atoms in total. The Kier molecular flexibility index (Phi) is 2.49. The van der Waals surface area contributed by atoms with E-state index in [1.807, 2.05) is 12.1 Å². The number of hydrogen-bond acceptors (Lipinski definition) is 3. The van der Waals surface area contributed by atoms with Crippen molar-refractivity contribution in [1.82, 2.24) is 4.98 Å². The summed E-state index contributed by atoms with van der Waals surface area (Å²) >= 11 is 0. The first-order chi connectivity index (χ1) is 7.25. The largest absolute Gasteiger partial charge is 0.475 e. The summed E-state index contributed by atoms with van der Waals surface area (Å²) in [6.07, 6.45) is 3.97. The highest BCUT2D eigenvalue weighted by molar-refractivity contribution is 5.84. The van der Waals surface area contributed by atoms with Gasteiger partial charge < -0.3 is 9.52 Å². The molecule has 0 saturated carbocycles. The van der Waals surface area contributed by atoms with Gasteiger partial charge in [0.2, 0.25) is 5.76 Å². The van der Waals surface area contributed by atoms with Gasteiger partial charge in [-0.1, -0.05) is 6.07 Å². The fourth-order valence-corrected chi connectivity index (χ4v) is 1.29. The number of pyridine rings is 1. The summed E-state index contributed by atoms with van der Waals surface area (Å²) in [6, 6.07) is 6.86. The van der Waals surface area contributed by atoms with Gasteiger partial charge in [-0.3, -0.25) is 4.98 Å². The average Bonchev–Trinajstić information content (AvgIpc) is 2.68. The van der Waals surface area contributed by atoms with Crippen molar-refractivity contribution in [1.29, 1.82) is 0 Å². The van der Waals surface area contributed by atoms with Crippen LogP contribution in [0.1, 0.15) is 21.9 Å². The Morgan fingerprint density at radius 3 is 2.87 bits per heavy atom. The van der Waals surface area contributed by atoms with Crippen LogP contribution in [0.3, 0.4) is 0 Å². The number of carbonyl (C=O) groups is 1. The van der Waals surface area contributed by atoms with Gasteiger partial charge in [0.1, 0.15) is 5.76 Å². The average molecular weight is 203 g/mol. The van der Waals surface area contributed by atoms with E-state index in [9.17, 15) is 4.79 Å². The number of aromatic carboxylic acids is 1. The van der Waals surface area contributed by atoms with Gasteiger partial charge in [0.25, 0.3) is 0 Å². The molecule has 0 atom stereocenters. The summed E-state index contributed by atoms with van der Waals surface area (Å²) in [5.41, 5.74) is 0.990. The molecular weight excluding hydrogens is 194 g/mol. The number of carboxylic acids is 1. The summed E-state index contributed by atoms with van der Waals surface area (Å²) in [5, 5.41) is 8.66. The van der Waals surface area contributed by atoms with Crippen molar-refractivity contribution >= 4 is 5.97 Å². The SMILES string of the molecule is O=C(O)c1ccc(Cc2cccnc2)o1. The van der Waals surface area contributed by atoms with Gasteiger partial charge >= 0.3 is 5.97 Å². The Morgan fingerprint density at radius 1 is 1.40 bits per heavy atom. The van der Waals surface area contributed by atoms with Gasteiger partial charge in [-0.2, -0.15) is 0 Å². The number of carboxylic acid groups (broad SMARTS) is 1. The molecule has 0 bridgehead atoms. The molecule has 1 N–H and O–H groups in total. The van der Waals surface area contributed by atoms with E-state index in [0.29, 0.717) is 12.2 Å². The molecule has 76 valence electrons. The first-order valence-corrected chi connectivity index (χ1v) is 4.46. The van der Waals surface area contributed by atoms with E-state index in [1.165, 1.54) is 6.07 Å². The lowest BCUT2D eigenvalue weighted by molar-refractivity contribution is 0.0660. The minimum absolute atomic E-state index is 0.0334. The van der Waals surface area contributed by atoms with E-state index in [-0.39, 0.29) is 5.76 Å². The van der Waals surface area contributed by atoms with Crippen molar-refractivity contribution in [3.63, 3.8) is 0 Å². The molecule has 0 saturated heterocycles. The maximum Gasteiger partial charge on any atom is 0.371 e. The van der Waals surface area contributed by atoms with Crippen LogP contribution in [-0.4, -0.2) is 16.1 Å². The molecule has 0 spiro atoms. The van der Waals surface area contributed by atoms with Crippen LogP contribution in [0.25, 0.3) is 0 Å². The summed E-state index contributed by atoms with van der Waals surface area (Å²) < 4.78 is 5.12. The van der Waals surface area contributed by atoms with Crippen LogP contribution in [0.5, 0.6) is 0 Å². The molecule has 0 unspecified atom stereocenters. The Labute approximate surface area is 86.2 Å². The first-order valence-electron chi connectivity index (χ1n) is 4.46. The summed E-state index contributed by atoms with van der Waals surface area (Å²) in [7, 11) is 0. The maximum absolute atomic E-state index is 10.6. The van der Waals surface area contributed by atoms with Crippen LogP contribution in [0.2, 0.25) is 0 Å². The van der Waals surface area contributed by atoms with Gasteiger partial charge in [0.05, 0.1) is 0 Å². The quantitative estimate of drug-likeness (QED) is 0.828. The number of furan rings is 1. The molecule has 0 radical (unpaired) electrons. The van der Waals surface area contributed by atoms with Crippen LogP contribution < -0.4 is 0 Å². The van der Waals surface area contributed by atoms with Gasteiger partial charge in [-0.15, -0.1) is 0 Å². The summed E-state index contributed by atoms with van der Waals surface area (Å²) in [5.74, 6) is -0.457. The summed E-state index contributed by atoms with van der Waals surface area (Å²) in [4.78, 5) is 14.5. The molecule has 0 aliphatic carbocycles. The minimum atomic E-state index is -1.05. The van der Waals surface area contributed by atoms with E-state index in [2.05, 4.69) is 4.98 Å². The lowest BCUT2D eigenvalue weighted by Gasteiger charge is -1.95. The van der Waals surface area contributed by atoms with Crippen LogP contribution >= 0.6 is 0 Å². The Bertz CT molecular complexity index is 462. The fourth-order valence-electron chi connectivity index (χ4n) is 1.29. The van der Waals surface area contributed by atoms with Crippen molar-refractivity contribution in [3.8, 4) is 0 Å². The van der Waals surface area contributed by atoms with Crippen molar-refractivity contribution in [2.75, 3.05) is 0 Å². The molecule has 2 aromatic heterocycles. The van der Waals surface area contributed by atoms with E-state index >= 15 is 0 Å². The van der Waals surface area contributed by atoms with Crippen molar-refractivity contribution < 1.29 is 14.3 Å². The lowest BCUT2D eigenvalue weighted by Crippen LogP contribution is -1.92. The van der Waals surface area contributed by atoms with Crippen LogP contribution in [0.15, 0.2) is 41.1 Å². The predicted molar refractivity (Wildman–Crippen MR) is 52.7 cm³/mol. The van der Waals surface area contributed by atoms with E-state index in [1.54, 1.807) is 18.5 Å². The molecule has 0 aliphatic rings. The Balaban J connectivity index is 2.15. The lowest BCUT2D eigenvalue weighted by atomic mass is 10.2. The Morgan fingerprint density at radius 2 is 2.27 bits per heavy atom. The molecule has 0 aromatic carbocycles.